The molecule has 31 heavy (non-hydrogen) atoms. The molecule has 0 saturated heterocycles. The Balaban J connectivity index is 1.39. The standard InChI is InChI=1S/C22H20N4O3S2/c1-14-21(31-22(24-14)15-5-3-6-16(11-15)28-2)18-8-9-20(26-25-18)30-13-19(27)23-12-17-7-4-10-29-17/h3-11H,12-13H2,1-2H3,(H,23,27). The van der Waals surface area contributed by atoms with Crippen LogP contribution in [0.4, 0.5) is 0 Å². The number of nitrogens with zero attached hydrogens (tertiary/aromatic N) is 3. The summed E-state index contributed by atoms with van der Waals surface area (Å²) in [5, 5.41) is 13.0. The highest BCUT2D eigenvalue weighted by atomic mass is 32.2. The topological polar surface area (TPSA) is 90.1 Å². The molecule has 9 heteroatoms. The maximum atomic E-state index is 12.0. The quantitative estimate of drug-likeness (QED) is 0.391. The number of aryl methyl sites for hydroxylation is 1. The smallest absolute Gasteiger partial charge is 0.230 e. The van der Waals surface area contributed by atoms with Crippen LogP contribution >= 0.6 is 23.1 Å². The van der Waals surface area contributed by atoms with E-state index in [2.05, 4.69) is 20.5 Å². The van der Waals surface area contributed by atoms with Crippen LogP contribution < -0.4 is 10.1 Å². The normalized spacial score (nSPS) is 10.8. The van der Waals surface area contributed by atoms with E-state index in [1.807, 2.05) is 49.4 Å². The van der Waals surface area contributed by atoms with E-state index in [0.717, 1.165) is 38.3 Å². The molecule has 0 unspecified atom stereocenters. The summed E-state index contributed by atoms with van der Waals surface area (Å²) in [6.07, 6.45) is 1.58. The highest BCUT2D eigenvalue weighted by molar-refractivity contribution is 7.99. The first-order valence-electron chi connectivity index (χ1n) is 9.50. The number of hydrogen-bond donors (Lipinski definition) is 1. The van der Waals surface area contributed by atoms with Gasteiger partial charge in [0.25, 0.3) is 0 Å². The number of hydrogen-bond acceptors (Lipinski definition) is 8. The van der Waals surface area contributed by atoms with Crippen molar-refractivity contribution in [1.29, 1.82) is 0 Å². The predicted molar refractivity (Wildman–Crippen MR) is 121 cm³/mol. The van der Waals surface area contributed by atoms with E-state index in [4.69, 9.17) is 9.15 Å². The Morgan fingerprint density at radius 2 is 2.10 bits per heavy atom. The number of aromatic nitrogens is 3. The van der Waals surface area contributed by atoms with E-state index in [-0.39, 0.29) is 11.7 Å². The van der Waals surface area contributed by atoms with E-state index in [0.29, 0.717) is 11.6 Å². The second-order valence-electron chi connectivity index (χ2n) is 6.57. The molecule has 7 nitrogen and oxygen atoms in total. The zero-order valence-corrected chi connectivity index (χ0v) is 18.6. The first-order chi connectivity index (χ1) is 15.1. The third-order valence-electron chi connectivity index (χ3n) is 4.38. The van der Waals surface area contributed by atoms with Crippen molar-refractivity contribution in [2.24, 2.45) is 0 Å². The maximum Gasteiger partial charge on any atom is 0.230 e. The molecular weight excluding hydrogens is 432 g/mol. The van der Waals surface area contributed by atoms with E-state index in [1.54, 1.807) is 30.8 Å². The van der Waals surface area contributed by atoms with E-state index in [9.17, 15) is 4.79 Å². The van der Waals surface area contributed by atoms with Gasteiger partial charge in [-0.15, -0.1) is 21.5 Å². The lowest BCUT2D eigenvalue weighted by Gasteiger charge is -2.03. The van der Waals surface area contributed by atoms with Gasteiger partial charge in [-0.05, 0) is 43.3 Å². The number of rotatable bonds is 8. The fourth-order valence-electron chi connectivity index (χ4n) is 2.82. The number of carbonyl (C=O) groups is 1. The highest BCUT2D eigenvalue weighted by Crippen LogP contribution is 2.35. The number of methoxy groups -OCH3 is 1. The minimum absolute atomic E-state index is 0.0893. The SMILES string of the molecule is COc1cccc(-c2nc(C)c(-c3ccc(SCC(=O)NCc4ccco4)nn3)s2)c1. The summed E-state index contributed by atoms with van der Waals surface area (Å²) in [6, 6.07) is 15.2. The van der Waals surface area contributed by atoms with Crippen molar-refractivity contribution in [3.05, 3.63) is 66.2 Å². The number of furan rings is 1. The van der Waals surface area contributed by atoms with Crippen LogP contribution in [0.2, 0.25) is 0 Å². The van der Waals surface area contributed by atoms with Crippen molar-refractivity contribution in [1.82, 2.24) is 20.5 Å². The van der Waals surface area contributed by atoms with Crippen LogP contribution in [-0.2, 0) is 11.3 Å². The van der Waals surface area contributed by atoms with Crippen LogP contribution in [0.15, 0.2) is 64.2 Å². The van der Waals surface area contributed by atoms with Crippen molar-refractivity contribution in [3.63, 3.8) is 0 Å². The molecule has 3 heterocycles. The van der Waals surface area contributed by atoms with Gasteiger partial charge in [0, 0.05) is 5.56 Å². The van der Waals surface area contributed by atoms with Gasteiger partial charge in [-0.2, -0.15) is 0 Å². The first kappa shape index (κ1) is 21.1. The molecule has 1 N–H and O–H groups in total. The van der Waals surface area contributed by atoms with Gasteiger partial charge in [-0.1, -0.05) is 23.9 Å². The van der Waals surface area contributed by atoms with Crippen LogP contribution in [0, 0.1) is 6.92 Å². The number of ether oxygens (including phenoxy) is 1. The molecule has 0 aliphatic rings. The minimum Gasteiger partial charge on any atom is -0.497 e. The van der Waals surface area contributed by atoms with Crippen molar-refractivity contribution in [2.45, 2.75) is 18.5 Å². The zero-order chi connectivity index (χ0) is 21.6. The molecule has 158 valence electrons. The monoisotopic (exact) mass is 452 g/mol. The fourth-order valence-corrected chi connectivity index (χ4v) is 4.49. The van der Waals surface area contributed by atoms with Crippen LogP contribution in [0.5, 0.6) is 5.75 Å². The minimum atomic E-state index is -0.0893. The Labute approximate surface area is 187 Å². The van der Waals surface area contributed by atoms with E-state index >= 15 is 0 Å². The van der Waals surface area contributed by atoms with Crippen LogP contribution in [0.1, 0.15) is 11.5 Å². The van der Waals surface area contributed by atoms with Crippen molar-refractivity contribution >= 4 is 29.0 Å². The summed E-state index contributed by atoms with van der Waals surface area (Å²) >= 11 is 2.90. The number of thiazole rings is 1. The average Bonchev–Trinajstić information content (AvgIpc) is 3.46. The largest absolute Gasteiger partial charge is 0.497 e. The third-order valence-corrected chi connectivity index (χ3v) is 6.53. The number of nitrogens with one attached hydrogen (secondary N) is 1. The van der Waals surface area contributed by atoms with Crippen LogP contribution in [-0.4, -0.2) is 34.0 Å². The van der Waals surface area contributed by atoms with Gasteiger partial charge in [0.2, 0.25) is 5.91 Å². The molecule has 0 radical (unpaired) electrons. The Bertz CT molecular complexity index is 1160. The lowest BCUT2D eigenvalue weighted by atomic mass is 10.2. The lowest BCUT2D eigenvalue weighted by molar-refractivity contribution is -0.118. The fraction of sp³-hybridized carbons (Fsp3) is 0.182. The molecule has 0 aliphatic heterocycles. The molecule has 1 aromatic carbocycles. The Morgan fingerprint density at radius 1 is 1.19 bits per heavy atom. The number of carbonyl (C=O) groups excluding carboxylic acids is 1. The highest BCUT2D eigenvalue weighted by Gasteiger charge is 2.14. The summed E-state index contributed by atoms with van der Waals surface area (Å²) in [5.41, 5.74) is 2.66. The molecule has 3 aromatic heterocycles. The number of amides is 1. The summed E-state index contributed by atoms with van der Waals surface area (Å²) in [6.45, 7) is 2.33. The molecular formula is C22H20N4O3S2. The van der Waals surface area contributed by atoms with Gasteiger partial charge in [-0.3, -0.25) is 4.79 Å². The van der Waals surface area contributed by atoms with E-state index < -0.39 is 0 Å². The Morgan fingerprint density at radius 3 is 2.84 bits per heavy atom. The van der Waals surface area contributed by atoms with Gasteiger partial charge in [0.1, 0.15) is 27.2 Å². The molecule has 0 aliphatic carbocycles. The molecule has 0 saturated carbocycles. The summed E-state index contributed by atoms with van der Waals surface area (Å²) in [5.74, 6) is 1.68. The molecule has 0 bridgehead atoms. The van der Waals surface area contributed by atoms with Crippen LogP contribution in [0.25, 0.3) is 21.1 Å². The molecule has 0 fully saturated rings. The molecule has 4 rings (SSSR count). The maximum absolute atomic E-state index is 12.0. The Kier molecular flexibility index (Phi) is 6.63. The van der Waals surface area contributed by atoms with E-state index in [1.165, 1.54) is 11.8 Å². The van der Waals surface area contributed by atoms with Crippen molar-refractivity contribution < 1.29 is 13.9 Å². The molecule has 1 amide bonds. The Hall–Kier alpha value is -3.17. The van der Waals surface area contributed by atoms with Gasteiger partial charge < -0.3 is 14.5 Å². The summed E-state index contributed by atoms with van der Waals surface area (Å²) in [7, 11) is 1.65. The summed E-state index contributed by atoms with van der Waals surface area (Å²) in [4.78, 5) is 17.6. The molecule has 0 spiro atoms. The average molecular weight is 453 g/mol. The third kappa shape index (κ3) is 5.31. The van der Waals surface area contributed by atoms with Crippen molar-refractivity contribution in [3.8, 4) is 26.9 Å². The molecule has 4 aromatic rings. The predicted octanol–water partition coefficient (Wildman–Crippen LogP) is 4.59. The van der Waals surface area contributed by atoms with Gasteiger partial charge >= 0.3 is 0 Å². The lowest BCUT2D eigenvalue weighted by Crippen LogP contribution is -2.24. The first-order valence-corrected chi connectivity index (χ1v) is 11.3. The van der Waals surface area contributed by atoms with Gasteiger partial charge in [0.05, 0.1) is 36.2 Å². The number of benzene rings is 1. The second kappa shape index (κ2) is 9.76. The van der Waals surface area contributed by atoms with Crippen LogP contribution in [0.3, 0.4) is 0 Å². The zero-order valence-electron chi connectivity index (χ0n) is 17.0. The van der Waals surface area contributed by atoms with Gasteiger partial charge in [-0.25, -0.2) is 4.98 Å². The van der Waals surface area contributed by atoms with Crippen molar-refractivity contribution in [2.75, 3.05) is 12.9 Å². The molecule has 0 atom stereocenters. The van der Waals surface area contributed by atoms with Gasteiger partial charge in [0.15, 0.2) is 0 Å². The second-order valence-corrected chi connectivity index (χ2v) is 8.56. The number of thioether (sulfide) groups is 1. The summed E-state index contributed by atoms with van der Waals surface area (Å²) < 4.78 is 10.5.